The maximum absolute atomic E-state index is 12.3. The van der Waals surface area contributed by atoms with Gasteiger partial charge in [-0.1, -0.05) is 29.3 Å². The van der Waals surface area contributed by atoms with Crippen LogP contribution in [0.15, 0.2) is 30.6 Å². The lowest BCUT2D eigenvalue weighted by molar-refractivity contribution is 0.0767. The molecule has 1 aromatic heterocycles. The molecule has 0 aliphatic carbocycles. The van der Waals surface area contributed by atoms with Crippen LogP contribution >= 0.6 is 23.2 Å². The first-order chi connectivity index (χ1) is 10.6. The molecule has 0 saturated heterocycles. The maximum Gasteiger partial charge on any atom is 0.272 e. The van der Waals surface area contributed by atoms with E-state index in [1.165, 1.54) is 6.33 Å². The van der Waals surface area contributed by atoms with Crippen LogP contribution in [0.3, 0.4) is 0 Å². The normalized spacial score (nSPS) is 10.4. The fourth-order valence-corrected chi connectivity index (χ4v) is 2.45. The summed E-state index contributed by atoms with van der Waals surface area (Å²) in [5.74, 6) is 0.321. The second kappa shape index (κ2) is 7.42. The minimum Gasteiger partial charge on any atom is -0.338 e. The first-order valence-electron chi connectivity index (χ1n) is 6.89. The van der Waals surface area contributed by atoms with Crippen molar-refractivity contribution >= 4 is 40.6 Å². The number of halogens is 2. The van der Waals surface area contributed by atoms with Gasteiger partial charge in [-0.15, -0.1) is 0 Å². The molecule has 0 spiro atoms. The average molecular weight is 339 g/mol. The van der Waals surface area contributed by atoms with Crippen LogP contribution < -0.4 is 5.32 Å². The fraction of sp³-hybridized carbons (Fsp3) is 0.267. The van der Waals surface area contributed by atoms with E-state index in [1.807, 2.05) is 13.8 Å². The van der Waals surface area contributed by atoms with Gasteiger partial charge >= 0.3 is 0 Å². The van der Waals surface area contributed by atoms with Gasteiger partial charge in [0.25, 0.3) is 5.91 Å². The molecule has 0 unspecified atom stereocenters. The van der Waals surface area contributed by atoms with E-state index in [2.05, 4.69) is 15.3 Å². The molecule has 2 rings (SSSR count). The van der Waals surface area contributed by atoms with Gasteiger partial charge in [0.05, 0.1) is 15.7 Å². The molecule has 0 saturated carbocycles. The zero-order valence-corrected chi connectivity index (χ0v) is 13.8. The lowest BCUT2D eigenvalue weighted by atomic mass is 10.3. The van der Waals surface area contributed by atoms with Crippen molar-refractivity contribution in [3.8, 4) is 0 Å². The number of hydrogen-bond donors (Lipinski definition) is 1. The highest BCUT2D eigenvalue weighted by molar-refractivity contribution is 6.39. The summed E-state index contributed by atoms with van der Waals surface area (Å²) in [7, 11) is 0. The molecule has 1 aromatic carbocycles. The second-order valence-electron chi connectivity index (χ2n) is 4.49. The Kier molecular flexibility index (Phi) is 5.57. The molecule has 1 N–H and O–H groups in total. The molecule has 2 aromatic rings. The number of benzene rings is 1. The van der Waals surface area contributed by atoms with Crippen LogP contribution in [-0.2, 0) is 0 Å². The minimum atomic E-state index is -0.138. The molecule has 0 fully saturated rings. The van der Waals surface area contributed by atoms with Crippen molar-refractivity contribution in [2.75, 3.05) is 18.4 Å². The van der Waals surface area contributed by atoms with E-state index in [4.69, 9.17) is 23.2 Å². The van der Waals surface area contributed by atoms with Gasteiger partial charge in [-0.05, 0) is 26.0 Å². The van der Waals surface area contributed by atoms with E-state index in [0.29, 0.717) is 40.3 Å². The predicted molar refractivity (Wildman–Crippen MR) is 89.0 cm³/mol. The van der Waals surface area contributed by atoms with Gasteiger partial charge in [-0.3, -0.25) is 4.79 Å². The lowest BCUT2D eigenvalue weighted by Gasteiger charge is -2.18. The third kappa shape index (κ3) is 3.67. The largest absolute Gasteiger partial charge is 0.338 e. The number of carbonyl (C=O) groups excluding carboxylic acids is 1. The number of nitrogens with zero attached hydrogens (tertiary/aromatic N) is 3. The van der Waals surface area contributed by atoms with Crippen molar-refractivity contribution in [2.45, 2.75) is 13.8 Å². The zero-order valence-electron chi connectivity index (χ0n) is 12.3. The summed E-state index contributed by atoms with van der Waals surface area (Å²) < 4.78 is 0. The molecule has 0 atom stereocenters. The average Bonchev–Trinajstić information content (AvgIpc) is 2.52. The number of amides is 1. The van der Waals surface area contributed by atoms with Gasteiger partial charge in [0.2, 0.25) is 0 Å². The minimum absolute atomic E-state index is 0.138. The number of rotatable bonds is 5. The molecule has 7 heteroatoms. The topological polar surface area (TPSA) is 58.1 Å². The van der Waals surface area contributed by atoms with Crippen molar-refractivity contribution in [3.63, 3.8) is 0 Å². The Morgan fingerprint density at radius 3 is 2.41 bits per heavy atom. The third-order valence-corrected chi connectivity index (χ3v) is 3.78. The molecule has 1 heterocycles. The molecule has 22 heavy (non-hydrogen) atoms. The number of anilines is 2. The van der Waals surface area contributed by atoms with Crippen molar-refractivity contribution in [1.82, 2.24) is 14.9 Å². The summed E-state index contributed by atoms with van der Waals surface area (Å²) in [6.07, 6.45) is 1.34. The maximum atomic E-state index is 12.3. The van der Waals surface area contributed by atoms with Gasteiger partial charge in [-0.25, -0.2) is 9.97 Å². The number of nitrogens with one attached hydrogen (secondary N) is 1. The smallest absolute Gasteiger partial charge is 0.272 e. The van der Waals surface area contributed by atoms with Crippen LogP contribution in [0.2, 0.25) is 10.0 Å². The SMILES string of the molecule is CCN(CC)C(=O)c1cc(Nc2c(Cl)cccc2Cl)ncn1. The van der Waals surface area contributed by atoms with Crippen LogP contribution in [0, 0.1) is 0 Å². The van der Waals surface area contributed by atoms with E-state index >= 15 is 0 Å². The Morgan fingerprint density at radius 2 is 1.82 bits per heavy atom. The van der Waals surface area contributed by atoms with Crippen LogP contribution in [-0.4, -0.2) is 33.9 Å². The molecule has 5 nitrogen and oxygen atoms in total. The third-order valence-electron chi connectivity index (χ3n) is 3.15. The van der Waals surface area contributed by atoms with Crippen molar-refractivity contribution < 1.29 is 4.79 Å². The Bertz CT molecular complexity index is 654. The van der Waals surface area contributed by atoms with Gasteiger partial charge < -0.3 is 10.2 Å². The van der Waals surface area contributed by atoms with E-state index in [-0.39, 0.29) is 5.91 Å². The Balaban J connectivity index is 2.27. The van der Waals surface area contributed by atoms with Crippen molar-refractivity contribution in [3.05, 3.63) is 46.3 Å². The Labute approximate surface area is 139 Å². The molecule has 1 amide bonds. The number of para-hydroxylation sites is 1. The quantitative estimate of drug-likeness (QED) is 0.894. The Hall–Kier alpha value is -1.85. The molecule has 0 aliphatic rings. The highest BCUT2D eigenvalue weighted by atomic mass is 35.5. The number of carbonyl (C=O) groups is 1. The lowest BCUT2D eigenvalue weighted by Crippen LogP contribution is -2.31. The van der Waals surface area contributed by atoms with Crippen LogP contribution in [0.4, 0.5) is 11.5 Å². The van der Waals surface area contributed by atoms with Gasteiger partial charge in [0.1, 0.15) is 17.8 Å². The predicted octanol–water partition coefficient (Wildman–Crippen LogP) is 4.01. The van der Waals surface area contributed by atoms with Crippen LogP contribution in [0.1, 0.15) is 24.3 Å². The molecule has 0 radical (unpaired) electrons. The van der Waals surface area contributed by atoms with Crippen molar-refractivity contribution in [2.24, 2.45) is 0 Å². The van der Waals surface area contributed by atoms with Gasteiger partial charge in [0.15, 0.2) is 0 Å². The van der Waals surface area contributed by atoms with Gasteiger partial charge in [-0.2, -0.15) is 0 Å². The van der Waals surface area contributed by atoms with E-state index < -0.39 is 0 Å². The highest BCUT2D eigenvalue weighted by Crippen LogP contribution is 2.31. The second-order valence-corrected chi connectivity index (χ2v) is 5.30. The summed E-state index contributed by atoms with van der Waals surface area (Å²) in [5, 5.41) is 3.97. The number of aromatic nitrogens is 2. The monoisotopic (exact) mass is 338 g/mol. The van der Waals surface area contributed by atoms with Crippen molar-refractivity contribution in [1.29, 1.82) is 0 Å². The summed E-state index contributed by atoms with van der Waals surface area (Å²) >= 11 is 12.2. The molecule has 116 valence electrons. The van der Waals surface area contributed by atoms with E-state index in [9.17, 15) is 4.79 Å². The first kappa shape index (κ1) is 16.5. The Morgan fingerprint density at radius 1 is 1.18 bits per heavy atom. The highest BCUT2D eigenvalue weighted by Gasteiger charge is 2.15. The summed E-state index contributed by atoms with van der Waals surface area (Å²) in [5.41, 5.74) is 0.871. The summed E-state index contributed by atoms with van der Waals surface area (Å²) in [6, 6.07) is 6.78. The molecule has 0 aliphatic heterocycles. The number of hydrogen-bond acceptors (Lipinski definition) is 4. The fourth-order valence-electron chi connectivity index (χ4n) is 1.96. The zero-order chi connectivity index (χ0) is 16.1. The molecule has 0 bridgehead atoms. The standard InChI is InChI=1S/C15H16Cl2N4O/c1-3-21(4-2)15(22)12-8-13(19-9-18-12)20-14-10(16)6-5-7-11(14)17/h5-9H,3-4H2,1-2H3,(H,18,19,20). The van der Waals surface area contributed by atoms with Gasteiger partial charge in [0, 0.05) is 19.2 Å². The van der Waals surface area contributed by atoms with Crippen LogP contribution in [0.25, 0.3) is 0 Å². The van der Waals surface area contributed by atoms with E-state index in [1.54, 1.807) is 29.2 Å². The van der Waals surface area contributed by atoms with Crippen LogP contribution in [0.5, 0.6) is 0 Å². The summed E-state index contributed by atoms with van der Waals surface area (Å²) in [4.78, 5) is 22.1. The summed E-state index contributed by atoms with van der Waals surface area (Å²) in [6.45, 7) is 5.09. The first-order valence-corrected chi connectivity index (χ1v) is 7.64. The molecular weight excluding hydrogens is 323 g/mol. The molecular formula is C15H16Cl2N4O. The van der Waals surface area contributed by atoms with E-state index in [0.717, 1.165) is 0 Å².